The number of carbonyl (C=O) groups is 3. The summed E-state index contributed by atoms with van der Waals surface area (Å²) in [5, 5.41) is 0. The molecule has 470 valence electrons. The van der Waals surface area contributed by atoms with Crippen molar-refractivity contribution < 1.29 is 28.6 Å². The lowest BCUT2D eigenvalue weighted by atomic mass is 10.0. The molecule has 0 bridgehead atoms. The van der Waals surface area contributed by atoms with Crippen molar-refractivity contribution in [2.75, 3.05) is 13.2 Å². The zero-order valence-corrected chi connectivity index (χ0v) is 54.1. The molecular formula is C74H138O6. The van der Waals surface area contributed by atoms with Gasteiger partial charge in [0.2, 0.25) is 0 Å². The van der Waals surface area contributed by atoms with Crippen LogP contribution in [-0.4, -0.2) is 37.2 Å². The fraction of sp³-hybridized carbons (Fsp3) is 0.878. The third kappa shape index (κ3) is 66.4. The van der Waals surface area contributed by atoms with Crippen LogP contribution in [0.15, 0.2) is 36.5 Å². The van der Waals surface area contributed by atoms with Crippen molar-refractivity contribution in [2.45, 2.75) is 406 Å². The van der Waals surface area contributed by atoms with Crippen LogP contribution in [0.5, 0.6) is 0 Å². The molecule has 0 aromatic rings. The first-order chi connectivity index (χ1) is 39.5. The van der Waals surface area contributed by atoms with Crippen molar-refractivity contribution in [2.24, 2.45) is 0 Å². The molecule has 0 aromatic carbocycles. The smallest absolute Gasteiger partial charge is 0.306 e. The molecule has 0 saturated heterocycles. The Bertz CT molecular complexity index is 1340. The number of unbranched alkanes of at least 4 members (excludes halogenated alkanes) is 50. The topological polar surface area (TPSA) is 78.9 Å². The highest BCUT2D eigenvalue weighted by atomic mass is 16.6. The summed E-state index contributed by atoms with van der Waals surface area (Å²) in [5.41, 5.74) is 0. The second-order valence-electron chi connectivity index (χ2n) is 24.5. The van der Waals surface area contributed by atoms with Gasteiger partial charge in [-0.2, -0.15) is 0 Å². The maximum Gasteiger partial charge on any atom is 0.306 e. The predicted octanol–water partition coefficient (Wildman–Crippen LogP) is 24.7. The maximum absolute atomic E-state index is 13.0. The van der Waals surface area contributed by atoms with Gasteiger partial charge in [-0.1, -0.05) is 340 Å². The molecule has 0 aliphatic carbocycles. The summed E-state index contributed by atoms with van der Waals surface area (Å²) in [5.74, 6) is -0.855. The minimum absolute atomic E-state index is 0.0713. The van der Waals surface area contributed by atoms with Gasteiger partial charge in [0, 0.05) is 19.3 Å². The molecule has 0 N–H and O–H groups in total. The second kappa shape index (κ2) is 69.1. The number of allylic oxidation sites excluding steroid dienone is 6. The van der Waals surface area contributed by atoms with Crippen molar-refractivity contribution in [1.82, 2.24) is 0 Å². The molecule has 0 radical (unpaired) electrons. The summed E-state index contributed by atoms with van der Waals surface area (Å²) in [6.07, 6.45) is 86.1. The minimum atomic E-state index is -0.776. The van der Waals surface area contributed by atoms with Crippen LogP contribution < -0.4 is 0 Å². The van der Waals surface area contributed by atoms with Crippen molar-refractivity contribution in [1.29, 1.82) is 0 Å². The van der Waals surface area contributed by atoms with Crippen molar-refractivity contribution in [3.8, 4) is 0 Å². The molecule has 0 amide bonds. The molecule has 0 rings (SSSR count). The van der Waals surface area contributed by atoms with E-state index in [1.807, 2.05) is 0 Å². The zero-order valence-electron chi connectivity index (χ0n) is 54.1. The Morgan fingerprint density at radius 3 is 0.725 bits per heavy atom. The highest BCUT2D eigenvalue weighted by Gasteiger charge is 2.19. The molecule has 0 aliphatic rings. The van der Waals surface area contributed by atoms with E-state index < -0.39 is 6.10 Å². The highest BCUT2D eigenvalue weighted by Crippen LogP contribution is 2.19. The van der Waals surface area contributed by atoms with Crippen LogP contribution in [0.1, 0.15) is 400 Å². The van der Waals surface area contributed by atoms with Gasteiger partial charge in [0.15, 0.2) is 6.10 Å². The summed E-state index contributed by atoms with van der Waals surface area (Å²) in [6, 6.07) is 0. The molecule has 0 saturated carbocycles. The van der Waals surface area contributed by atoms with E-state index in [1.165, 1.54) is 283 Å². The Labute approximate surface area is 499 Å². The number of hydrogen-bond donors (Lipinski definition) is 0. The lowest BCUT2D eigenvalue weighted by molar-refractivity contribution is -0.167. The molecule has 0 fully saturated rings. The van der Waals surface area contributed by atoms with Gasteiger partial charge >= 0.3 is 17.9 Å². The lowest BCUT2D eigenvalue weighted by Crippen LogP contribution is -2.30. The summed E-state index contributed by atoms with van der Waals surface area (Å²) in [4.78, 5) is 38.4. The van der Waals surface area contributed by atoms with E-state index in [0.717, 1.165) is 77.0 Å². The molecule has 0 aliphatic heterocycles. The Balaban J connectivity index is 4.24. The maximum atomic E-state index is 13.0. The average molecular weight is 1120 g/mol. The van der Waals surface area contributed by atoms with Gasteiger partial charge in [0.25, 0.3) is 0 Å². The second-order valence-corrected chi connectivity index (χ2v) is 24.5. The standard InChI is InChI=1S/C74H138O6/c1-4-7-10-13-16-19-22-25-28-30-32-34-35-36-37-38-39-40-42-43-46-49-52-55-58-61-64-67-73(76)79-70-71(69-78-72(75)66-63-60-57-54-51-48-45-27-24-21-18-15-12-9-6-3)80-74(77)68-65-62-59-56-53-50-47-44-41-33-31-29-26-23-20-17-14-11-8-5-2/h18,21,27,30,32,45,71H,4-17,19-20,22-26,28-29,31,33-44,46-70H2,1-3H3/b21-18-,32-30-,45-27-. The molecular weight excluding hydrogens is 985 g/mol. The van der Waals surface area contributed by atoms with Crippen LogP contribution >= 0.6 is 0 Å². The molecule has 6 nitrogen and oxygen atoms in total. The number of carbonyl (C=O) groups excluding carboxylic acids is 3. The number of ether oxygens (including phenoxy) is 3. The minimum Gasteiger partial charge on any atom is -0.462 e. The van der Waals surface area contributed by atoms with Crippen molar-refractivity contribution in [3.63, 3.8) is 0 Å². The lowest BCUT2D eigenvalue weighted by Gasteiger charge is -2.18. The summed E-state index contributed by atoms with van der Waals surface area (Å²) >= 11 is 0. The number of esters is 3. The predicted molar refractivity (Wildman–Crippen MR) is 349 cm³/mol. The summed E-state index contributed by atoms with van der Waals surface area (Å²) in [7, 11) is 0. The third-order valence-electron chi connectivity index (χ3n) is 16.4. The summed E-state index contributed by atoms with van der Waals surface area (Å²) in [6.45, 7) is 6.68. The number of hydrogen-bond acceptors (Lipinski definition) is 6. The van der Waals surface area contributed by atoms with Crippen LogP contribution in [0.3, 0.4) is 0 Å². The van der Waals surface area contributed by atoms with Gasteiger partial charge in [-0.05, 0) is 77.0 Å². The fourth-order valence-corrected chi connectivity index (χ4v) is 10.9. The van der Waals surface area contributed by atoms with Crippen LogP contribution in [0, 0.1) is 0 Å². The Kier molecular flexibility index (Phi) is 67.1. The van der Waals surface area contributed by atoms with Gasteiger partial charge in [0.05, 0.1) is 0 Å². The molecule has 0 heterocycles. The van der Waals surface area contributed by atoms with E-state index in [-0.39, 0.29) is 31.1 Å². The van der Waals surface area contributed by atoms with Crippen molar-refractivity contribution in [3.05, 3.63) is 36.5 Å². The van der Waals surface area contributed by atoms with Crippen LogP contribution in [0.2, 0.25) is 0 Å². The molecule has 80 heavy (non-hydrogen) atoms. The van der Waals surface area contributed by atoms with Crippen LogP contribution in [0.4, 0.5) is 0 Å². The van der Waals surface area contributed by atoms with E-state index in [4.69, 9.17) is 14.2 Å². The van der Waals surface area contributed by atoms with Gasteiger partial charge < -0.3 is 14.2 Å². The Hall–Kier alpha value is -2.37. The van der Waals surface area contributed by atoms with E-state index in [2.05, 4.69) is 57.2 Å². The summed E-state index contributed by atoms with van der Waals surface area (Å²) < 4.78 is 17.0. The fourth-order valence-electron chi connectivity index (χ4n) is 10.9. The first-order valence-electron chi connectivity index (χ1n) is 36.0. The molecule has 6 heteroatoms. The molecule has 0 spiro atoms. The molecule has 1 unspecified atom stereocenters. The third-order valence-corrected chi connectivity index (χ3v) is 16.4. The van der Waals surface area contributed by atoms with Gasteiger partial charge in [-0.3, -0.25) is 14.4 Å². The van der Waals surface area contributed by atoms with Gasteiger partial charge in [0.1, 0.15) is 13.2 Å². The van der Waals surface area contributed by atoms with Crippen LogP contribution in [0.25, 0.3) is 0 Å². The molecule has 1 atom stereocenters. The van der Waals surface area contributed by atoms with E-state index in [9.17, 15) is 14.4 Å². The Morgan fingerprint density at radius 2 is 0.450 bits per heavy atom. The van der Waals surface area contributed by atoms with Gasteiger partial charge in [-0.15, -0.1) is 0 Å². The monoisotopic (exact) mass is 1120 g/mol. The SMILES string of the molecule is CCCCC/C=C\C/C=C\CCCCCCCC(=O)OCC(COC(=O)CCCCCCCCCCCCCCCCC/C=C\CCCCCCCCCC)OC(=O)CCCCCCCCCCCCCCCCCCCCCC. The average Bonchev–Trinajstić information content (AvgIpc) is 3.46. The normalized spacial score (nSPS) is 12.2. The first kappa shape index (κ1) is 77.6. The molecule has 0 aromatic heterocycles. The zero-order chi connectivity index (χ0) is 57.8. The highest BCUT2D eigenvalue weighted by molar-refractivity contribution is 5.71. The van der Waals surface area contributed by atoms with E-state index >= 15 is 0 Å². The van der Waals surface area contributed by atoms with Gasteiger partial charge in [-0.25, -0.2) is 0 Å². The van der Waals surface area contributed by atoms with Crippen LogP contribution in [-0.2, 0) is 28.6 Å². The first-order valence-corrected chi connectivity index (χ1v) is 36.0. The number of rotatable bonds is 67. The van der Waals surface area contributed by atoms with E-state index in [0.29, 0.717) is 19.3 Å². The Morgan fingerprint density at radius 1 is 0.250 bits per heavy atom. The largest absolute Gasteiger partial charge is 0.462 e. The quantitative estimate of drug-likeness (QED) is 0.0261. The van der Waals surface area contributed by atoms with E-state index in [1.54, 1.807) is 0 Å². The van der Waals surface area contributed by atoms with Crippen molar-refractivity contribution >= 4 is 17.9 Å².